The van der Waals surface area contributed by atoms with Crippen LogP contribution in [0.25, 0.3) is 11.0 Å². The SMILES string of the molecule is Cn1c(CCOCC(F)(F)F)nc2ccc(C#N)cc21. The zero-order valence-corrected chi connectivity index (χ0v) is 10.7. The van der Waals surface area contributed by atoms with E-state index in [1.54, 1.807) is 29.8 Å². The van der Waals surface area contributed by atoms with Crippen LogP contribution < -0.4 is 0 Å². The van der Waals surface area contributed by atoms with Gasteiger partial charge in [0, 0.05) is 13.5 Å². The first-order valence-electron chi connectivity index (χ1n) is 5.90. The monoisotopic (exact) mass is 283 g/mol. The second-order valence-electron chi connectivity index (χ2n) is 4.32. The molecule has 2 rings (SSSR count). The highest BCUT2D eigenvalue weighted by Gasteiger charge is 2.27. The number of nitriles is 1. The van der Waals surface area contributed by atoms with Gasteiger partial charge in [-0.05, 0) is 18.2 Å². The van der Waals surface area contributed by atoms with Crippen LogP contribution in [0.15, 0.2) is 18.2 Å². The van der Waals surface area contributed by atoms with Crippen LogP contribution in [0.5, 0.6) is 0 Å². The van der Waals surface area contributed by atoms with Crippen LogP contribution >= 0.6 is 0 Å². The second kappa shape index (κ2) is 5.51. The van der Waals surface area contributed by atoms with Gasteiger partial charge in [0.15, 0.2) is 0 Å². The highest BCUT2D eigenvalue weighted by Crippen LogP contribution is 2.18. The van der Waals surface area contributed by atoms with Crippen molar-refractivity contribution in [2.75, 3.05) is 13.2 Å². The second-order valence-corrected chi connectivity index (χ2v) is 4.32. The Balaban J connectivity index is 2.08. The van der Waals surface area contributed by atoms with Crippen LogP contribution in [0.4, 0.5) is 13.2 Å². The van der Waals surface area contributed by atoms with Gasteiger partial charge in [-0.3, -0.25) is 0 Å². The Labute approximate surface area is 113 Å². The number of ether oxygens (including phenoxy) is 1. The number of aromatic nitrogens is 2. The van der Waals surface area contributed by atoms with Crippen LogP contribution in [0, 0.1) is 11.3 Å². The van der Waals surface area contributed by atoms with Gasteiger partial charge in [-0.15, -0.1) is 0 Å². The lowest BCUT2D eigenvalue weighted by atomic mass is 10.2. The van der Waals surface area contributed by atoms with E-state index in [4.69, 9.17) is 5.26 Å². The van der Waals surface area contributed by atoms with Gasteiger partial charge in [-0.1, -0.05) is 0 Å². The largest absolute Gasteiger partial charge is 0.411 e. The van der Waals surface area contributed by atoms with Crippen molar-refractivity contribution >= 4 is 11.0 Å². The third-order valence-corrected chi connectivity index (χ3v) is 2.84. The molecule has 0 aliphatic carbocycles. The Morgan fingerprint density at radius 1 is 1.40 bits per heavy atom. The molecule has 7 heteroatoms. The van der Waals surface area contributed by atoms with Crippen molar-refractivity contribution in [1.29, 1.82) is 5.26 Å². The first-order chi connectivity index (χ1) is 9.40. The Bertz CT molecular complexity index is 655. The lowest BCUT2D eigenvalue weighted by Crippen LogP contribution is -2.18. The fourth-order valence-corrected chi connectivity index (χ4v) is 1.88. The minimum Gasteiger partial charge on any atom is -0.372 e. The average Bonchev–Trinajstić information content (AvgIpc) is 2.70. The Morgan fingerprint density at radius 3 is 2.80 bits per heavy atom. The first-order valence-corrected chi connectivity index (χ1v) is 5.90. The summed E-state index contributed by atoms with van der Waals surface area (Å²) >= 11 is 0. The molecule has 0 atom stereocenters. The maximum Gasteiger partial charge on any atom is 0.411 e. The molecule has 1 aromatic heterocycles. The molecule has 0 N–H and O–H groups in total. The van der Waals surface area contributed by atoms with Crippen LogP contribution in [0.3, 0.4) is 0 Å². The fourth-order valence-electron chi connectivity index (χ4n) is 1.88. The number of alkyl halides is 3. The predicted molar refractivity (Wildman–Crippen MR) is 66.0 cm³/mol. The molecule has 106 valence electrons. The molecule has 0 bridgehead atoms. The Hall–Kier alpha value is -2.07. The molecule has 20 heavy (non-hydrogen) atoms. The summed E-state index contributed by atoms with van der Waals surface area (Å²) in [5.74, 6) is 0.622. The minimum atomic E-state index is -4.31. The molecule has 0 aliphatic heterocycles. The summed E-state index contributed by atoms with van der Waals surface area (Å²) in [4.78, 5) is 4.31. The molecule has 0 radical (unpaired) electrons. The van der Waals surface area contributed by atoms with Crippen molar-refractivity contribution in [1.82, 2.24) is 9.55 Å². The van der Waals surface area contributed by atoms with Gasteiger partial charge in [0.25, 0.3) is 0 Å². The van der Waals surface area contributed by atoms with Crippen molar-refractivity contribution in [2.24, 2.45) is 7.05 Å². The topological polar surface area (TPSA) is 50.8 Å². The third-order valence-electron chi connectivity index (χ3n) is 2.84. The maximum atomic E-state index is 11.9. The maximum absolute atomic E-state index is 11.9. The molecule has 1 aromatic carbocycles. The number of imidazole rings is 1. The number of rotatable bonds is 4. The van der Waals surface area contributed by atoms with E-state index in [0.717, 1.165) is 5.52 Å². The van der Waals surface area contributed by atoms with Gasteiger partial charge < -0.3 is 9.30 Å². The summed E-state index contributed by atoms with van der Waals surface area (Å²) in [7, 11) is 1.76. The predicted octanol–water partition coefficient (Wildman–Crippen LogP) is 2.57. The Morgan fingerprint density at radius 2 is 2.15 bits per heavy atom. The standard InChI is InChI=1S/C13H12F3N3O/c1-19-11-6-9(7-17)2-3-10(11)18-12(19)4-5-20-8-13(14,15)16/h2-3,6H,4-5,8H2,1H3. The molecule has 0 amide bonds. The van der Waals surface area contributed by atoms with Crippen molar-refractivity contribution in [3.8, 4) is 6.07 Å². The van der Waals surface area contributed by atoms with E-state index >= 15 is 0 Å². The normalized spacial score (nSPS) is 11.8. The van der Waals surface area contributed by atoms with E-state index in [0.29, 0.717) is 16.9 Å². The molecule has 0 aliphatic rings. The summed E-state index contributed by atoms with van der Waals surface area (Å²) in [5, 5.41) is 8.84. The average molecular weight is 283 g/mol. The number of fused-ring (bicyclic) bond motifs is 1. The number of benzene rings is 1. The molecule has 4 nitrogen and oxygen atoms in total. The molecule has 0 saturated carbocycles. The van der Waals surface area contributed by atoms with Gasteiger partial charge in [0.2, 0.25) is 0 Å². The molecule has 0 unspecified atom stereocenters. The quantitative estimate of drug-likeness (QED) is 0.810. The summed E-state index contributed by atoms with van der Waals surface area (Å²) in [6.45, 7) is -1.31. The van der Waals surface area contributed by atoms with Gasteiger partial charge >= 0.3 is 6.18 Å². The van der Waals surface area contributed by atoms with E-state index in [2.05, 4.69) is 9.72 Å². The van der Waals surface area contributed by atoms with Gasteiger partial charge in [-0.25, -0.2) is 4.98 Å². The number of nitrogens with zero attached hydrogens (tertiary/aromatic N) is 3. The highest BCUT2D eigenvalue weighted by molar-refractivity contribution is 5.77. The zero-order chi connectivity index (χ0) is 14.8. The first kappa shape index (κ1) is 14.3. The summed E-state index contributed by atoms with van der Waals surface area (Å²) < 4.78 is 42.1. The van der Waals surface area contributed by atoms with E-state index < -0.39 is 12.8 Å². The third kappa shape index (κ3) is 3.27. The molecular formula is C13H12F3N3O. The summed E-state index contributed by atoms with van der Waals surface area (Å²) in [5.41, 5.74) is 1.99. The van der Waals surface area contributed by atoms with Gasteiger partial charge in [0.1, 0.15) is 12.4 Å². The number of hydrogen-bond acceptors (Lipinski definition) is 3. The van der Waals surface area contributed by atoms with Gasteiger partial charge in [-0.2, -0.15) is 18.4 Å². The fraction of sp³-hybridized carbons (Fsp3) is 0.385. The van der Waals surface area contributed by atoms with E-state index in [1.807, 2.05) is 6.07 Å². The lowest BCUT2D eigenvalue weighted by Gasteiger charge is -2.07. The van der Waals surface area contributed by atoms with E-state index in [-0.39, 0.29) is 13.0 Å². The molecule has 0 saturated heterocycles. The zero-order valence-electron chi connectivity index (χ0n) is 10.7. The van der Waals surface area contributed by atoms with Crippen molar-refractivity contribution in [2.45, 2.75) is 12.6 Å². The number of halogens is 3. The summed E-state index contributed by atoms with van der Waals surface area (Å²) in [6.07, 6.45) is -4.03. The van der Waals surface area contributed by atoms with Gasteiger partial charge in [0.05, 0.1) is 29.3 Å². The number of aryl methyl sites for hydroxylation is 1. The molecule has 2 aromatic rings. The van der Waals surface area contributed by atoms with Crippen LogP contribution in [0.1, 0.15) is 11.4 Å². The van der Waals surface area contributed by atoms with Crippen molar-refractivity contribution < 1.29 is 17.9 Å². The Kier molecular flexibility index (Phi) is 3.95. The van der Waals surface area contributed by atoms with Crippen LogP contribution in [0.2, 0.25) is 0 Å². The molecule has 1 heterocycles. The molecule has 0 spiro atoms. The molecular weight excluding hydrogens is 271 g/mol. The summed E-state index contributed by atoms with van der Waals surface area (Å²) in [6, 6.07) is 7.10. The lowest BCUT2D eigenvalue weighted by molar-refractivity contribution is -0.173. The number of hydrogen-bond donors (Lipinski definition) is 0. The minimum absolute atomic E-state index is 0.0538. The van der Waals surface area contributed by atoms with Crippen LogP contribution in [-0.2, 0) is 18.2 Å². The molecule has 0 fully saturated rings. The van der Waals surface area contributed by atoms with E-state index in [9.17, 15) is 13.2 Å². The highest BCUT2D eigenvalue weighted by atomic mass is 19.4. The van der Waals surface area contributed by atoms with Crippen LogP contribution in [-0.4, -0.2) is 28.9 Å². The van der Waals surface area contributed by atoms with E-state index in [1.165, 1.54) is 0 Å². The van der Waals surface area contributed by atoms with Crippen molar-refractivity contribution in [3.05, 3.63) is 29.6 Å². The smallest absolute Gasteiger partial charge is 0.372 e. The van der Waals surface area contributed by atoms with Crippen molar-refractivity contribution in [3.63, 3.8) is 0 Å².